The molecule has 0 saturated carbocycles. The fourth-order valence-electron chi connectivity index (χ4n) is 1.57. The average Bonchev–Trinajstić information content (AvgIpc) is 2.69. The molecule has 16 heavy (non-hydrogen) atoms. The molecule has 86 valence electrons. The van der Waals surface area contributed by atoms with Gasteiger partial charge in [0.15, 0.2) is 5.69 Å². The third-order valence-electron chi connectivity index (χ3n) is 2.34. The van der Waals surface area contributed by atoms with Gasteiger partial charge in [-0.15, -0.1) is 0 Å². The summed E-state index contributed by atoms with van der Waals surface area (Å²) >= 11 is 1.88. The molecule has 1 atom stereocenters. The van der Waals surface area contributed by atoms with Crippen molar-refractivity contribution in [3.8, 4) is 0 Å². The van der Waals surface area contributed by atoms with E-state index in [-0.39, 0.29) is 5.69 Å². The Labute approximate surface area is 97.7 Å². The molecule has 2 rings (SSSR count). The number of nitrogens with one attached hydrogen (secondary N) is 1. The van der Waals surface area contributed by atoms with Crippen LogP contribution in [0.2, 0.25) is 0 Å². The van der Waals surface area contributed by atoms with Crippen molar-refractivity contribution in [2.75, 3.05) is 16.8 Å². The molecule has 0 aliphatic carbocycles. The monoisotopic (exact) mass is 239 g/mol. The first-order valence-electron chi connectivity index (χ1n) is 5.08. The van der Waals surface area contributed by atoms with E-state index in [1.807, 2.05) is 11.8 Å². The second kappa shape index (κ2) is 4.69. The summed E-state index contributed by atoms with van der Waals surface area (Å²) in [7, 11) is 0. The zero-order valence-corrected chi connectivity index (χ0v) is 9.75. The molecule has 1 aliphatic rings. The van der Waals surface area contributed by atoms with Gasteiger partial charge in [-0.3, -0.25) is 0 Å². The molecular weight excluding hydrogens is 226 g/mol. The van der Waals surface area contributed by atoms with E-state index in [0.717, 1.165) is 17.9 Å². The van der Waals surface area contributed by atoms with Gasteiger partial charge in [0.1, 0.15) is 0 Å². The molecule has 1 aliphatic heterocycles. The van der Waals surface area contributed by atoms with E-state index in [4.69, 9.17) is 5.11 Å². The third kappa shape index (κ3) is 2.63. The fourth-order valence-corrected chi connectivity index (χ4v) is 2.73. The quantitative estimate of drug-likeness (QED) is 0.830. The van der Waals surface area contributed by atoms with Crippen LogP contribution in [0.5, 0.6) is 0 Å². The van der Waals surface area contributed by atoms with E-state index >= 15 is 0 Å². The average molecular weight is 239 g/mol. The molecule has 0 spiro atoms. The van der Waals surface area contributed by atoms with Crippen molar-refractivity contribution in [2.24, 2.45) is 0 Å². The molecule has 1 aromatic heterocycles. The van der Waals surface area contributed by atoms with Crippen LogP contribution in [0.1, 0.15) is 22.6 Å². The van der Waals surface area contributed by atoms with Crippen molar-refractivity contribution in [3.05, 3.63) is 17.5 Å². The minimum Gasteiger partial charge on any atom is -0.477 e. The highest BCUT2D eigenvalue weighted by Gasteiger charge is 2.17. The van der Waals surface area contributed by atoms with Crippen molar-refractivity contribution in [1.29, 1.82) is 0 Å². The Morgan fingerprint density at radius 3 is 3.06 bits per heavy atom. The molecule has 1 saturated heterocycles. The van der Waals surface area contributed by atoms with Gasteiger partial charge < -0.3 is 10.4 Å². The fraction of sp³-hybridized carbons (Fsp3) is 0.500. The lowest BCUT2D eigenvalue weighted by molar-refractivity contribution is 0.0690. The minimum absolute atomic E-state index is 0.0423. The van der Waals surface area contributed by atoms with E-state index in [0.29, 0.717) is 17.7 Å². The molecule has 0 bridgehead atoms. The Balaban J connectivity index is 2.16. The minimum atomic E-state index is -1.02. The smallest absolute Gasteiger partial charge is 0.354 e. The van der Waals surface area contributed by atoms with Gasteiger partial charge in [0.25, 0.3) is 0 Å². The summed E-state index contributed by atoms with van der Waals surface area (Å²) in [5.41, 5.74) is 0.709. The van der Waals surface area contributed by atoms with E-state index in [1.54, 1.807) is 6.92 Å². The first-order chi connectivity index (χ1) is 7.65. The first kappa shape index (κ1) is 11.2. The number of carbonyl (C=O) groups is 1. The number of hydrogen-bond acceptors (Lipinski definition) is 5. The van der Waals surface area contributed by atoms with Crippen LogP contribution in [0.3, 0.4) is 0 Å². The standard InChI is InChI=1S/C10H13N3O2S/c1-6-4-8(9(14)15)13-10(11-6)12-7-2-3-16-5-7/h4,7H,2-3,5H2,1H3,(H,14,15)(H,11,12,13). The van der Waals surface area contributed by atoms with Crippen LogP contribution in [0.25, 0.3) is 0 Å². The number of aryl methyl sites for hydroxylation is 1. The highest BCUT2D eigenvalue weighted by Crippen LogP contribution is 2.20. The Kier molecular flexibility index (Phi) is 3.28. The number of carboxylic acids is 1. The number of nitrogens with zero attached hydrogens (tertiary/aromatic N) is 2. The second-order valence-electron chi connectivity index (χ2n) is 3.73. The highest BCUT2D eigenvalue weighted by atomic mass is 32.2. The van der Waals surface area contributed by atoms with E-state index in [2.05, 4.69) is 15.3 Å². The van der Waals surface area contributed by atoms with E-state index in [9.17, 15) is 4.79 Å². The van der Waals surface area contributed by atoms with Gasteiger partial charge in [0, 0.05) is 17.5 Å². The summed E-state index contributed by atoms with van der Waals surface area (Å²) in [5.74, 6) is 1.56. The van der Waals surface area contributed by atoms with Crippen molar-refractivity contribution in [3.63, 3.8) is 0 Å². The van der Waals surface area contributed by atoms with Gasteiger partial charge in [-0.2, -0.15) is 11.8 Å². The lowest BCUT2D eigenvalue weighted by Crippen LogP contribution is -2.21. The van der Waals surface area contributed by atoms with E-state index in [1.165, 1.54) is 6.07 Å². The Morgan fingerprint density at radius 2 is 2.44 bits per heavy atom. The molecule has 0 amide bonds. The predicted molar refractivity (Wildman–Crippen MR) is 63.1 cm³/mol. The summed E-state index contributed by atoms with van der Waals surface area (Å²) in [6.45, 7) is 1.77. The Bertz CT molecular complexity index is 405. The molecule has 1 aromatic rings. The number of aromatic nitrogens is 2. The van der Waals surface area contributed by atoms with Gasteiger partial charge in [-0.05, 0) is 25.2 Å². The second-order valence-corrected chi connectivity index (χ2v) is 4.88. The van der Waals surface area contributed by atoms with Crippen LogP contribution in [0.4, 0.5) is 5.95 Å². The third-order valence-corrected chi connectivity index (χ3v) is 3.50. The van der Waals surface area contributed by atoms with E-state index < -0.39 is 5.97 Å². The van der Waals surface area contributed by atoms with Crippen LogP contribution in [0.15, 0.2) is 6.07 Å². The Morgan fingerprint density at radius 1 is 1.62 bits per heavy atom. The number of rotatable bonds is 3. The molecule has 6 heteroatoms. The number of anilines is 1. The molecule has 2 N–H and O–H groups in total. The largest absolute Gasteiger partial charge is 0.477 e. The molecule has 0 aromatic carbocycles. The van der Waals surface area contributed by atoms with Crippen molar-refractivity contribution >= 4 is 23.7 Å². The number of aromatic carboxylic acids is 1. The molecule has 2 heterocycles. The van der Waals surface area contributed by atoms with Gasteiger partial charge in [-0.25, -0.2) is 14.8 Å². The maximum absolute atomic E-state index is 10.8. The lowest BCUT2D eigenvalue weighted by Gasteiger charge is -2.11. The normalized spacial score (nSPS) is 19.7. The van der Waals surface area contributed by atoms with Gasteiger partial charge in [0.2, 0.25) is 5.95 Å². The summed E-state index contributed by atoms with van der Waals surface area (Å²) in [6, 6.07) is 1.82. The topological polar surface area (TPSA) is 75.1 Å². The first-order valence-corrected chi connectivity index (χ1v) is 6.24. The van der Waals surface area contributed by atoms with Crippen molar-refractivity contribution in [1.82, 2.24) is 9.97 Å². The van der Waals surface area contributed by atoms with Crippen LogP contribution in [-0.2, 0) is 0 Å². The molecule has 5 nitrogen and oxygen atoms in total. The molecule has 0 radical (unpaired) electrons. The maximum Gasteiger partial charge on any atom is 0.354 e. The van der Waals surface area contributed by atoms with Crippen LogP contribution >= 0.6 is 11.8 Å². The SMILES string of the molecule is Cc1cc(C(=O)O)nc(NC2CCSC2)n1. The predicted octanol–water partition coefficient (Wildman–Crippen LogP) is 1.40. The zero-order chi connectivity index (χ0) is 11.5. The van der Waals surface area contributed by atoms with Gasteiger partial charge in [-0.1, -0.05) is 0 Å². The van der Waals surface area contributed by atoms with Gasteiger partial charge >= 0.3 is 5.97 Å². The summed E-state index contributed by atoms with van der Waals surface area (Å²) in [5, 5.41) is 12.0. The van der Waals surface area contributed by atoms with Crippen LogP contribution in [0, 0.1) is 6.92 Å². The van der Waals surface area contributed by atoms with Crippen molar-refractivity contribution < 1.29 is 9.90 Å². The highest BCUT2D eigenvalue weighted by molar-refractivity contribution is 7.99. The van der Waals surface area contributed by atoms with Gasteiger partial charge in [0.05, 0.1) is 0 Å². The van der Waals surface area contributed by atoms with Crippen molar-refractivity contribution in [2.45, 2.75) is 19.4 Å². The molecule has 1 fully saturated rings. The molecular formula is C10H13N3O2S. The lowest BCUT2D eigenvalue weighted by atomic mass is 10.3. The maximum atomic E-state index is 10.8. The Hall–Kier alpha value is -1.30. The zero-order valence-electron chi connectivity index (χ0n) is 8.93. The number of hydrogen-bond donors (Lipinski definition) is 2. The van der Waals surface area contributed by atoms with Crippen LogP contribution in [-0.4, -0.2) is 38.6 Å². The van der Waals surface area contributed by atoms with Crippen LogP contribution < -0.4 is 5.32 Å². The summed E-state index contributed by atoms with van der Waals surface area (Å²) in [6.07, 6.45) is 1.07. The number of thioether (sulfide) groups is 1. The number of carboxylic acid groups (broad SMARTS) is 1. The summed E-state index contributed by atoms with van der Waals surface area (Å²) in [4.78, 5) is 19.0. The molecule has 1 unspecified atom stereocenters. The summed E-state index contributed by atoms with van der Waals surface area (Å²) < 4.78 is 0.